The summed E-state index contributed by atoms with van der Waals surface area (Å²) in [5.41, 5.74) is 0.416. The van der Waals surface area contributed by atoms with Crippen LogP contribution < -0.4 is 10.6 Å². The fourth-order valence-corrected chi connectivity index (χ4v) is 1.85. The standard InChI is InChI=1S/C14H19N3O4/c1-9-10(5-4-6-15-9)16-13(21)17-11(18)7-14(2,3)8-12(19)20/h4-6H,7-8H2,1-3H3,(H,19,20)(H2,16,17,18,21). The molecule has 0 spiro atoms. The summed E-state index contributed by atoms with van der Waals surface area (Å²) >= 11 is 0. The van der Waals surface area contributed by atoms with Crippen LogP contribution in [0.5, 0.6) is 0 Å². The van der Waals surface area contributed by atoms with E-state index in [1.165, 1.54) is 0 Å². The first kappa shape index (κ1) is 16.6. The molecule has 3 N–H and O–H groups in total. The monoisotopic (exact) mass is 293 g/mol. The van der Waals surface area contributed by atoms with Crippen LogP contribution in [0.1, 0.15) is 32.4 Å². The highest BCUT2D eigenvalue weighted by Crippen LogP contribution is 2.24. The van der Waals surface area contributed by atoms with E-state index in [9.17, 15) is 14.4 Å². The average molecular weight is 293 g/mol. The molecular formula is C14H19N3O4. The number of aromatic nitrogens is 1. The maximum atomic E-state index is 11.7. The van der Waals surface area contributed by atoms with Crippen LogP contribution in [0.15, 0.2) is 18.3 Å². The van der Waals surface area contributed by atoms with E-state index in [0.717, 1.165) is 0 Å². The van der Waals surface area contributed by atoms with Crippen molar-refractivity contribution in [1.29, 1.82) is 0 Å². The van der Waals surface area contributed by atoms with Crippen molar-refractivity contribution in [2.45, 2.75) is 33.6 Å². The second-order valence-corrected chi connectivity index (χ2v) is 5.55. The van der Waals surface area contributed by atoms with Gasteiger partial charge in [-0.3, -0.25) is 19.9 Å². The molecule has 114 valence electrons. The van der Waals surface area contributed by atoms with Gasteiger partial charge in [0.1, 0.15) is 0 Å². The topological polar surface area (TPSA) is 108 Å². The molecule has 0 atom stereocenters. The quantitative estimate of drug-likeness (QED) is 0.768. The van der Waals surface area contributed by atoms with Gasteiger partial charge in [0.05, 0.1) is 17.8 Å². The van der Waals surface area contributed by atoms with Crippen molar-refractivity contribution in [3.8, 4) is 0 Å². The predicted molar refractivity (Wildman–Crippen MR) is 76.8 cm³/mol. The number of carbonyl (C=O) groups is 3. The summed E-state index contributed by atoms with van der Waals surface area (Å²) in [4.78, 5) is 38.1. The number of hydrogen-bond acceptors (Lipinski definition) is 4. The second kappa shape index (κ2) is 6.83. The third-order valence-corrected chi connectivity index (χ3v) is 2.78. The molecule has 0 unspecified atom stereocenters. The molecule has 0 bridgehead atoms. The van der Waals surface area contributed by atoms with Crippen molar-refractivity contribution in [3.05, 3.63) is 24.0 Å². The molecule has 0 fully saturated rings. The van der Waals surface area contributed by atoms with Gasteiger partial charge in [0.15, 0.2) is 0 Å². The molecule has 21 heavy (non-hydrogen) atoms. The Bertz CT molecular complexity index is 555. The lowest BCUT2D eigenvalue weighted by Gasteiger charge is -2.21. The van der Waals surface area contributed by atoms with E-state index in [1.807, 2.05) is 0 Å². The average Bonchev–Trinajstić information content (AvgIpc) is 2.28. The lowest BCUT2D eigenvalue weighted by molar-refractivity contribution is -0.139. The number of nitrogens with zero attached hydrogens (tertiary/aromatic N) is 1. The van der Waals surface area contributed by atoms with Gasteiger partial charge in [-0.15, -0.1) is 0 Å². The fourth-order valence-electron chi connectivity index (χ4n) is 1.85. The van der Waals surface area contributed by atoms with Gasteiger partial charge in [-0.25, -0.2) is 4.79 Å². The summed E-state index contributed by atoms with van der Waals surface area (Å²) in [5, 5.41) is 13.4. The summed E-state index contributed by atoms with van der Waals surface area (Å²) in [6, 6.07) is 2.67. The minimum absolute atomic E-state index is 0.0568. The number of anilines is 1. The highest BCUT2D eigenvalue weighted by molar-refractivity contribution is 6.01. The van der Waals surface area contributed by atoms with Crippen LogP contribution in [-0.2, 0) is 9.59 Å². The van der Waals surface area contributed by atoms with Crippen LogP contribution in [0.25, 0.3) is 0 Å². The van der Waals surface area contributed by atoms with E-state index in [4.69, 9.17) is 5.11 Å². The molecule has 3 amide bonds. The lowest BCUT2D eigenvalue weighted by Crippen LogP contribution is -2.37. The van der Waals surface area contributed by atoms with Gasteiger partial charge in [-0.2, -0.15) is 0 Å². The van der Waals surface area contributed by atoms with Gasteiger partial charge in [0.2, 0.25) is 5.91 Å². The Balaban J connectivity index is 2.53. The molecule has 0 aliphatic rings. The third kappa shape index (κ3) is 6.03. The second-order valence-electron chi connectivity index (χ2n) is 5.55. The first-order valence-corrected chi connectivity index (χ1v) is 6.44. The van der Waals surface area contributed by atoms with Gasteiger partial charge < -0.3 is 10.4 Å². The van der Waals surface area contributed by atoms with Crippen molar-refractivity contribution in [2.24, 2.45) is 5.41 Å². The van der Waals surface area contributed by atoms with Crippen molar-refractivity contribution < 1.29 is 19.5 Å². The molecule has 1 rings (SSSR count). The number of carboxylic acid groups (broad SMARTS) is 1. The Morgan fingerprint density at radius 3 is 2.52 bits per heavy atom. The van der Waals surface area contributed by atoms with E-state index < -0.39 is 23.3 Å². The van der Waals surface area contributed by atoms with Crippen molar-refractivity contribution in [3.63, 3.8) is 0 Å². The largest absolute Gasteiger partial charge is 0.481 e. The van der Waals surface area contributed by atoms with Crippen LogP contribution >= 0.6 is 0 Å². The minimum atomic E-state index is -0.983. The zero-order valence-corrected chi connectivity index (χ0v) is 12.3. The van der Waals surface area contributed by atoms with Gasteiger partial charge in [0.25, 0.3) is 0 Å². The van der Waals surface area contributed by atoms with E-state index >= 15 is 0 Å². The number of rotatable bonds is 5. The molecule has 0 aliphatic carbocycles. The number of aryl methyl sites for hydroxylation is 1. The number of nitrogens with one attached hydrogen (secondary N) is 2. The molecular weight excluding hydrogens is 274 g/mol. The van der Waals surface area contributed by atoms with Crippen LogP contribution in [0.4, 0.5) is 10.5 Å². The Morgan fingerprint density at radius 1 is 1.29 bits per heavy atom. The zero-order valence-electron chi connectivity index (χ0n) is 12.3. The summed E-state index contributed by atoms with van der Waals surface area (Å²) < 4.78 is 0. The maximum Gasteiger partial charge on any atom is 0.325 e. The molecule has 0 aromatic carbocycles. The van der Waals surface area contributed by atoms with Crippen LogP contribution in [-0.4, -0.2) is 28.0 Å². The number of imide groups is 1. The van der Waals surface area contributed by atoms with Gasteiger partial charge in [-0.05, 0) is 24.5 Å². The summed E-state index contributed by atoms with van der Waals surface area (Å²) in [6.07, 6.45) is 1.39. The number of urea groups is 1. The molecule has 0 aliphatic heterocycles. The number of aliphatic carboxylic acids is 1. The Kier molecular flexibility index (Phi) is 5.40. The van der Waals surface area contributed by atoms with Crippen LogP contribution in [0, 0.1) is 12.3 Å². The SMILES string of the molecule is Cc1ncccc1NC(=O)NC(=O)CC(C)(C)CC(=O)O. The normalized spacial score (nSPS) is 10.8. The molecule has 1 aromatic heterocycles. The number of carboxylic acids is 1. The lowest BCUT2D eigenvalue weighted by atomic mass is 9.85. The molecule has 0 saturated heterocycles. The molecule has 0 saturated carbocycles. The fraction of sp³-hybridized carbons (Fsp3) is 0.429. The third-order valence-electron chi connectivity index (χ3n) is 2.78. The Morgan fingerprint density at radius 2 is 1.95 bits per heavy atom. The number of pyridine rings is 1. The van der Waals surface area contributed by atoms with Crippen molar-refractivity contribution in [1.82, 2.24) is 10.3 Å². The number of amides is 3. The van der Waals surface area contributed by atoms with Crippen LogP contribution in [0.3, 0.4) is 0 Å². The van der Waals surface area contributed by atoms with E-state index in [0.29, 0.717) is 11.4 Å². The molecule has 1 aromatic rings. The Hall–Kier alpha value is -2.44. The number of carbonyl (C=O) groups excluding carboxylic acids is 2. The zero-order chi connectivity index (χ0) is 16.0. The highest BCUT2D eigenvalue weighted by atomic mass is 16.4. The molecule has 1 heterocycles. The first-order valence-electron chi connectivity index (χ1n) is 6.44. The first-order chi connectivity index (χ1) is 9.69. The van der Waals surface area contributed by atoms with Crippen molar-refractivity contribution >= 4 is 23.6 Å². The molecule has 7 nitrogen and oxygen atoms in total. The highest BCUT2D eigenvalue weighted by Gasteiger charge is 2.26. The summed E-state index contributed by atoms with van der Waals surface area (Å²) in [7, 11) is 0. The van der Waals surface area contributed by atoms with Gasteiger partial charge in [0, 0.05) is 12.6 Å². The van der Waals surface area contributed by atoms with E-state index in [2.05, 4.69) is 15.6 Å². The van der Waals surface area contributed by atoms with Gasteiger partial charge in [-0.1, -0.05) is 13.8 Å². The minimum Gasteiger partial charge on any atom is -0.481 e. The predicted octanol–water partition coefficient (Wildman–Crippen LogP) is 1.93. The van der Waals surface area contributed by atoms with Gasteiger partial charge >= 0.3 is 12.0 Å². The van der Waals surface area contributed by atoms with Crippen molar-refractivity contribution in [2.75, 3.05) is 5.32 Å². The summed E-state index contributed by atoms with van der Waals surface area (Å²) in [6.45, 7) is 5.04. The van der Waals surface area contributed by atoms with E-state index in [1.54, 1.807) is 39.1 Å². The van der Waals surface area contributed by atoms with E-state index in [-0.39, 0.29) is 12.8 Å². The Labute approximate surface area is 122 Å². The summed E-state index contributed by atoms with van der Waals surface area (Å²) in [5.74, 6) is -1.51. The van der Waals surface area contributed by atoms with Crippen LogP contribution in [0.2, 0.25) is 0 Å². The molecule has 0 radical (unpaired) electrons. The maximum absolute atomic E-state index is 11.7. The number of hydrogen-bond donors (Lipinski definition) is 3. The smallest absolute Gasteiger partial charge is 0.325 e. The molecule has 7 heteroatoms.